The van der Waals surface area contributed by atoms with Gasteiger partial charge in [-0.05, 0) is 41.5 Å². The number of ether oxygens (including phenoxy) is 1. The van der Waals surface area contributed by atoms with E-state index in [9.17, 15) is 0 Å². The molecule has 0 saturated heterocycles. The molecule has 3 nitrogen and oxygen atoms in total. The van der Waals surface area contributed by atoms with Crippen molar-refractivity contribution in [3.63, 3.8) is 0 Å². The topological polar surface area (TPSA) is 35.0 Å². The van der Waals surface area contributed by atoms with Crippen LogP contribution in [0.15, 0.2) is 147 Å². The maximum Gasteiger partial charge on any atom is 0.160 e. The molecular formula is C43H32N2OS. The summed E-state index contributed by atoms with van der Waals surface area (Å²) in [4.78, 5) is 9.90. The van der Waals surface area contributed by atoms with Crippen molar-refractivity contribution in [1.82, 2.24) is 9.97 Å². The number of nitrogens with zero attached hydrogens (tertiary/aromatic N) is 2. The summed E-state index contributed by atoms with van der Waals surface area (Å²) in [6.45, 7) is 12.5. The van der Waals surface area contributed by atoms with E-state index in [-0.39, 0.29) is 5.41 Å². The number of aromatic nitrogens is 2. The van der Waals surface area contributed by atoms with Gasteiger partial charge in [-0.2, -0.15) is 0 Å². The normalized spacial score (nSPS) is 13.5. The molecule has 0 aliphatic carbocycles. The molecule has 3 heterocycles. The van der Waals surface area contributed by atoms with Gasteiger partial charge < -0.3 is 4.74 Å². The Labute approximate surface area is 278 Å². The zero-order valence-electron chi connectivity index (χ0n) is 26.3. The summed E-state index contributed by atoms with van der Waals surface area (Å²) in [5.41, 5.74) is 8.94. The zero-order valence-corrected chi connectivity index (χ0v) is 27.1. The number of hydrogen-bond donors (Lipinski definition) is 0. The first-order chi connectivity index (χ1) is 22.9. The van der Waals surface area contributed by atoms with E-state index < -0.39 is 0 Å². The van der Waals surface area contributed by atoms with Crippen molar-refractivity contribution in [1.29, 1.82) is 0 Å². The Hall–Kier alpha value is -5.58. The Balaban J connectivity index is 1.21. The minimum Gasteiger partial charge on any atom is -0.455 e. The summed E-state index contributed by atoms with van der Waals surface area (Å²) in [6.07, 6.45) is 5.39. The van der Waals surface area contributed by atoms with Crippen molar-refractivity contribution < 1.29 is 4.74 Å². The van der Waals surface area contributed by atoms with E-state index in [0.29, 0.717) is 5.82 Å². The summed E-state index contributed by atoms with van der Waals surface area (Å²) < 4.78 is 9.22. The minimum absolute atomic E-state index is 0.244. The van der Waals surface area contributed by atoms with Gasteiger partial charge in [0, 0.05) is 48.7 Å². The minimum atomic E-state index is -0.244. The van der Waals surface area contributed by atoms with Crippen LogP contribution in [0.1, 0.15) is 30.8 Å². The predicted octanol–water partition coefficient (Wildman–Crippen LogP) is 12.0. The van der Waals surface area contributed by atoms with Crippen LogP contribution in [0.3, 0.4) is 0 Å². The Morgan fingerprint density at radius 2 is 1.40 bits per heavy atom. The highest BCUT2D eigenvalue weighted by Gasteiger charge is 2.36. The third kappa shape index (κ3) is 4.89. The lowest BCUT2D eigenvalue weighted by molar-refractivity contribution is 0.424. The number of fused-ring (bicyclic) bond motifs is 6. The molecule has 0 unspecified atom stereocenters. The number of allylic oxidation sites excluding steroid dienone is 4. The lowest BCUT2D eigenvalue weighted by Crippen LogP contribution is -2.24. The summed E-state index contributed by atoms with van der Waals surface area (Å²) in [5, 5.41) is 2.53. The van der Waals surface area contributed by atoms with Crippen LogP contribution in [-0.4, -0.2) is 9.97 Å². The smallest absolute Gasteiger partial charge is 0.160 e. The highest BCUT2D eigenvalue weighted by atomic mass is 32.1. The predicted molar refractivity (Wildman–Crippen MR) is 198 cm³/mol. The van der Waals surface area contributed by atoms with Crippen LogP contribution in [-0.2, 0) is 5.41 Å². The first-order valence-electron chi connectivity index (χ1n) is 15.7. The van der Waals surface area contributed by atoms with Gasteiger partial charge in [0.25, 0.3) is 0 Å². The molecule has 0 bridgehead atoms. The molecule has 0 spiro atoms. The third-order valence-corrected chi connectivity index (χ3v) is 10.3. The second-order valence-corrected chi connectivity index (χ2v) is 13.4. The summed E-state index contributed by atoms with van der Waals surface area (Å²) in [6, 6.07) is 40.5. The molecule has 1 aliphatic rings. The van der Waals surface area contributed by atoms with Gasteiger partial charge in [0.15, 0.2) is 5.82 Å². The highest BCUT2D eigenvalue weighted by Crippen LogP contribution is 2.53. The maximum atomic E-state index is 6.73. The molecule has 0 N–H and O–H groups in total. The number of rotatable bonds is 6. The van der Waals surface area contributed by atoms with E-state index in [0.717, 1.165) is 50.7 Å². The van der Waals surface area contributed by atoms with Crippen LogP contribution >= 0.6 is 11.3 Å². The van der Waals surface area contributed by atoms with E-state index in [1.54, 1.807) is 12.2 Å². The Morgan fingerprint density at radius 1 is 0.681 bits per heavy atom. The second kappa shape index (κ2) is 11.3. The van der Waals surface area contributed by atoms with Gasteiger partial charge in [0.05, 0.1) is 16.1 Å². The van der Waals surface area contributed by atoms with Crippen molar-refractivity contribution in [2.24, 2.45) is 0 Å². The van der Waals surface area contributed by atoms with Crippen molar-refractivity contribution in [3.8, 4) is 45.1 Å². The molecule has 7 aromatic rings. The Kier molecular flexibility index (Phi) is 6.96. The molecule has 1 aliphatic heterocycles. The summed E-state index contributed by atoms with van der Waals surface area (Å²) in [7, 11) is 0. The molecule has 0 fully saturated rings. The standard InChI is InChI=1S/C43H32N2OS/c1-5-13-27(6-2)42-44-36(28-14-8-7-9-15-28)26-37(45-42)31-17-12-16-29(24-31)30-20-23-38-35(25-30)43(3,4)34-22-21-33-32-18-10-11-19-39(32)47-41(33)40(34)46-38/h5-26H,1-2H2,3-4H3/b27-13+. The van der Waals surface area contributed by atoms with E-state index in [2.05, 4.69) is 124 Å². The molecule has 0 atom stereocenters. The fraction of sp³-hybridized carbons (Fsp3) is 0.0698. The second-order valence-electron chi connectivity index (χ2n) is 12.3. The van der Waals surface area contributed by atoms with Gasteiger partial charge in [-0.3, -0.25) is 0 Å². The van der Waals surface area contributed by atoms with E-state index in [1.165, 1.54) is 31.3 Å². The molecule has 226 valence electrons. The quantitative estimate of drug-likeness (QED) is 0.173. The first kappa shape index (κ1) is 28.9. The van der Waals surface area contributed by atoms with Crippen molar-refractivity contribution in [2.75, 3.05) is 0 Å². The maximum absolute atomic E-state index is 6.73. The van der Waals surface area contributed by atoms with Gasteiger partial charge in [0.1, 0.15) is 11.5 Å². The number of hydrogen-bond acceptors (Lipinski definition) is 4. The summed E-state index contributed by atoms with van der Waals surface area (Å²) >= 11 is 1.81. The Bertz CT molecular complexity index is 2400. The number of benzene rings is 5. The third-order valence-electron chi connectivity index (χ3n) is 9.10. The van der Waals surface area contributed by atoms with Gasteiger partial charge in [-0.15, -0.1) is 11.3 Å². The van der Waals surface area contributed by atoms with E-state index >= 15 is 0 Å². The van der Waals surface area contributed by atoms with Crippen LogP contribution < -0.4 is 4.74 Å². The first-order valence-corrected chi connectivity index (χ1v) is 16.5. The van der Waals surface area contributed by atoms with Gasteiger partial charge in [-0.25, -0.2) is 9.97 Å². The molecular weight excluding hydrogens is 593 g/mol. The highest BCUT2D eigenvalue weighted by molar-refractivity contribution is 7.26. The molecule has 0 saturated carbocycles. The average molecular weight is 625 g/mol. The SMILES string of the molecule is C=C/C=C(\C=C)c1nc(-c2ccccc2)cc(-c2cccc(-c3ccc4c(c3)C(C)(C)c3ccc5c(sc6ccccc65)c3O4)c2)n1. The fourth-order valence-corrected chi connectivity index (χ4v) is 7.79. The van der Waals surface area contributed by atoms with Crippen molar-refractivity contribution >= 4 is 37.1 Å². The van der Waals surface area contributed by atoms with E-state index in [4.69, 9.17) is 14.7 Å². The molecule has 8 rings (SSSR count). The number of thiophene rings is 1. The van der Waals surface area contributed by atoms with Crippen LogP contribution in [0.25, 0.3) is 59.4 Å². The summed E-state index contributed by atoms with van der Waals surface area (Å²) in [5.74, 6) is 2.50. The van der Waals surface area contributed by atoms with Crippen LogP contribution in [0.4, 0.5) is 0 Å². The molecule has 47 heavy (non-hydrogen) atoms. The van der Waals surface area contributed by atoms with Crippen LogP contribution in [0.2, 0.25) is 0 Å². The van der Waals surface area contributed by atoms with Gasteiger partial charge >= 0.3 is 0 Å². The molecule has 4 heteroatoms. The largest absolute Gasteiger partial charge is 0.455 e. The van der Waals surface area contributed by atoms with Crippen LogP contribution in [0, 0.1) is 0 Å². The van der Waals surface area contributed by atoms with Crippen molar-refractivity contribution in [2.45, 2.75) is 19.3 Å². The molecule has 0 radical (unpaired) electrons. The lowest BCUT2D eigenvalue weighted by atomic mass is 9.75. The molecule has 0 amide bonds. The molecule has 5 aromatic carbocycles. The fourth-order valence-electron chi connectivity index (χ4n) is 6.60. The van der Waals surface area contributed by atoms with Crippen LogP contribution in [0.5, 0.6) is 11.5 Å². The zero-order chi connectivity index (χ0) is 32.1. The monoisotopic (exact) mass is 624 g/mol. The van der Waals surface area contributed by atoms with Gasteiger partial charge in [0.2, 0.25) is 0 Å². The van der Waals surface area contributed by atoms with Crippen molar-refractivity contribution in [3.05, 3.63) is 164 Å². The van der Waals surface area contributed by atoms with Gasteiger partial charge in [-0.1, -0.05) is 130 Å². The Morgan fingerprint density at radius 3 is 2.21 bits per heavy atom. The average Bonchev–Trinajstić information content (AvgIpc) is 3.50. The molecule has 2 aromatic heterocycles. The lowest BCUT2D eigenvalue weighted by Gasteiger charge is -2.35. The van der Waals surface area contributed by atoms with E-state index in [1.807, 2.05) is 35.6 Å².